The molecule has 0 bridgehead atoms. The number of rotatable bonds is 3. The van der Waals surface area contributed by atoms with Crippen LogP contribution < -0.4 is 0 Å². The lowest BCUT2D eigenvalue weighted by Crippen LogP contribution is -2.03. The van der Waals surface area contributed by atoms with Gasteiger partial charge in [0.2, 0.25) is 0 Å². The van der Waals surface area contributed by atoms with Crippen LogP contribution in [0.3, 0.4) is 0 Å². The molecule has 1 rings (SSSR count). The minimum Gasteiger partial charge on any atom is -0.478 e. The zero-order valence-electron chi connectivity index (χ0n) is 10.1. The predicted molar refractivity (Wildman–Crippen MR) is 79.7 cm³/mol. The maximum Gasteiger partial charge on any atom is 0.336 e. The molecule has 0 saturated heterocycles. The van der Waals surface area contributed by atoms with Crippen molar-refractivity contribution in [1.29, 1.82) is 0 Å². The molecule has 0 aliphatic carbocycles. The number of hydrogen-bond donors (Lipinski definition) is 1. The number of carboxylic acids is 1. The highest BCUT2D eigenvalue weighted by Gasteiger charge is 2.12. The van der Waals surface area contributed by atoms with Crippen molar-refractivity contribution in [1.82, 2.24) is 0 Å². The third-order valence-electron chi connectivity index (χ3n) is 2.63. The Morgan fingerprint density at radius 3 is 2.18 bits per heavy atom. The Bertz CT molecular complexity index is 476. The van der Waals surface area contributed by atoms with Gasteiger partial charge in [-0.1, -0.05) is 40.8 Å². The lowest BCUT2D eigenvalue weighted by molar-refractivity contribution is 0.0695. The van der Waals surface area contributed by atoms with Crippen LogP contribution in [0.25, 0.3) is 5.57 Å². The van der Waals surface area contributed by atoms with Gasteiger partial charge in [-0.25, -0.2) is 4.79 Å². The Hall–Kier alpha value is -1.10. The molecule has 1 N–H and O–H groups in total. The van der Waals surface area contributed by atoms with E-state index in [2.05, 4.69) is 22.6 Å². The normalized spacial score (nSPS) is 12.1. The molecule has 0 atom stereocenters. The van der Waals surface area contributed by atoms with Crippen molar-refractivity contribution in [2.75, 3.05) is 0 Å². The molecule has 1 aromatic rings. The zero-order valence-corrected chi connectivity index (χ0v) is 12.3. The molecule has 0 aromatic heterocycles. The van der Waals surface area contributed by atoms with Gasteiger partial charge in [0.1, 0.15) is 0 Å². The quantitative estimate of drug-likeness (QED) is 0.655. The first-order chi connectivity index (χ1) is 8.01. The summed E-state index contributed by atoms with van der Waals surface area (Å²) in [6, 6.07) is 3.84. The summed E-state index contributed by atoms with van der Waals surface area (Å²) in [4.78, 5) is 11.1. The molecule has 0 unspecified atom stereocenters. The van der Waals surface area contributed by atoms with E-state index in [4.69, 9.17) is 5.11 Å². The van der Waals surface area contributed by atoms with Crippen LogP contribution in [0, 0.1) is 13.8 Å². The second kappa shape index (κ2) is 6.00. The van der Waals surface area contributed by atoms with Gasteiger partial charge in [0, 0.05) is 0 Å². The number of aryl methyl sites for hydroxylation is 2. The molecule has 0 aliphatic heterocycles. The van der Waals surface area contributed by atoms with Gasteiger partial charge in [0.25, 0.3) is 0 Å². The molecular weight excluding hydrogens is 327 g/mol. The highest BCUT2D eigenvalue weighted by Crippen LogP contribution is 2.23. The van der Waals surface area contributed by atoms with E-state index in [0.29, 0.717) is 5.56 Å². The van der Waals surface area contributed by atoms with E-state index in [0.717, 1.165) is 22.3 Å². The van der Waals surface area contributed by atoms with E-state index in [1.165, 1.54) is 0 Å². The Kier molecular flexibility index (Phi) is 4.93. The number of allylic oxidation sites excluding steroid dienone is 3. The van der Waals surface area contributed by atoms with Crippen LogP contribution in [0.1, 0.15) is 34.0 Å². The molecule has 17 heavy (non-hydrogen) atoms. The van der Waals surface area contributed by atoms with E-state index >= 15 is 0 Å². The van der Waals surface area contributed by atoms with E-state index in [1.54, 1.807) is 0 Å². The summed E-state index contributed by atoms with van der Waals surface area (Å²) < 4.78 is 1.95. The van der Waals surface area contributed by atoms with Gasteiger partial charge < -0.3 is 5.11 Å². The predicted octanol–water partition coefficient (Wildman–Crippen LogP) is 4.35. The molecule has 2 nitrogen and oxygen atoms in total. The Morgan fingerprint density at radius 1 is 1.29 bits per heavy atom. The van der Waals surface area contributed by atoms with Crippen molar-refractivity contribution < 1.29 is 9.90 Å². The van der Waals surface area contributed by atoms with Crippen LogP contribution >= 0.6 is 22.6 Å². The van der Waals surface area contributed by atoms with Gasteiger partial charge in [-0.15, -0.1) is 0 Å². The summed E-state index contributed by atoms with van der Waals surface area (Å²) >= 11 is 2.17. The Labute approximate surface area is 115 Å². The molecule has 0 saturated carbocycles. The topological polar surface area (TPSA) is 37.3 Å². The van der Waals surface area contributed by atoms with Gasteiger partial charge in [0.05, 0.1) is 5.56 Å². The van der Waals surface area contributed by atoms with Crippen molar-refractivity contribution in [2.24, 2.45) is 0 Å². The average molecular weight is 342 g/mol. The minimum absolute atomic E-state index is 0.405. The number of carboxylic acid groups (broad SMARTS) is 1. The first-order valence-electron chi connectivity index (χ1n) is 5.29. The fourth-order valence-electron chi connectivity index (χ4n) is 1.89. The maximum atomic E-state index is 11.1. The van der Waals surface area contributed by atoms with Gasteiger partial charge >= 0.3 is 5.97 Å². The smallest absolute Gasteiger partial charge is 0.336 e. The standard InChI is InChI=1S/C14H15IO2/c1-4-11(5-6-15)12-7-9(2)13(14(16)17)10(3)8-12/h4-8H,1-3H3,(H,16,17)/b6-5-,11-4+. The SMILES string of the molecule is C/C=C(\C=C/I)c1cc(C)c(C(=O)O)c(C)c1. The average Bonchev–Trinajstić information content (AvgIpc) is 2.24. The molecule has 3 heteroatoms. The highest BCUT2D eigenvalue weighted by atomic mass is 127. The molecule has 0 fully saturated rings. The van der Waals surface area contributed by atoms with Crippen molar-refractivity contribution in [3.63, 3.8) is 0 Å². The first kappa shape index (κ1) is 14.0. The monoisotopic (exact) mass is 342 g/mol. The van der Waals surface area contributed by atoms with Crippen molar-refractivity contribution in [3.8, 4) is 0 Å². The van der Waals surface area contributed by atoms with Crippen LogP contribution in [0.2, 0.25) is 0 Å². The lowest BCUT2D eigenvalue weighted by atomic mass is 9.95. The van der Waals surface area contributed by atoms with E-state index in [-0.39, 0.29) is 0 Å². The Balaban J connectivity index is 3.37. The van der Waals surface area contributed by atoms with Crippen molar-refractivity contribution in [2.45, 2.75) is 20.8 Å². The molecule has 0 heterocycles. The summed E-state index contributed by atoms with van der Waals surface area (Å²) in [5.41, 5.74) is 4.16. The molecule has 0 spiro atoms. The fourth-order valence-corrected chi connectivity index (χ4v) is 2.28. The molecule has 0 amide bonds. The summed E-state index contributed by atoms with van der Waals surface area (Å²) in [6.45, 7) is 5.64. The number of benzene rings is 1. The third-order valence-corrected chi connectivity index (χ3v) is 2.99. The second-order valence-electron chi connectivity index (χ2n) is 3.83. The summed E-state index contributed by atoms with van der Waals surface area (Å²) in [5, 5.41) is 9.11. The highest BCUT2D eigenvalue weighted by molar-refractivity contribution is 14.1. The van der Waals surface area contributed by atoms with Crippen molar-refractivity contribution >= 4 is 34.1 Å². The number of halogens is 1. The molecule has 0 aliphatic rings. The van der Waals surface area contributed by atoms with Gasteiger partial charge in [-0.3, -0.25) is 0 Å². The summed E-state index contributed by atoms with van der Waals surface area (Å²) in [6.07, 6.45) is 4.03. The van der Waals surface area contributed by atoms with Gasteiger partial charge in [-0.2, -0.15) is 0 Å². The first-order valence-corrected chi connectivity index (χ1v) is 6.53. The molecular formula is C14H15IO2. The van der Waals surface area contributed by atoms with Crippen LogP contribution in [-0.2, 0) is 0 Å². The molecule has 1 aromatic carbocycles. The van der Waals surface area contributed by atoms with Crippen molar-refractivity contribution in [3.05, 3.63) is 50.6 Å². The summed E-state index contributed by atoms with van der Waals surface area (Å²) in [7, 11) is 0. The minimum atomic E-state index is -0.863. The largest absolute Gasteiger partial charge is 0.478 e. The van der Waals surface area contributed by atoms with Gasteiger partial charge in [0.15, 0.2) is 0 Å². The summed E-state index contributed by atoms with van der Waals surface area (Å²) in [5.74, 6) is -0.863. The van der Waals surface area contributed by atoms with E-state index < -0.39 is 5.97 Å². The van der Waals surface area contributed by atoms with Crippen LogP contribution in [0.15, 0.2) is 28.4 Å². The number of carbonyl (C=O) groups is 1. The van der Waals surface area contributed by atoms with E-state index in [9.17, 15) is 4.79 Å². The Morgan fingerprint density at radius 2 is 1.82 bits per heavy atom. The molecule has 90 valence electrons. The maximum absolute atomic E-state index is 11.1. The van der Waals surface area contributed by atoms with E-state index in [1.807, 2.05) is 49.1 Å². The van der Waals surface area contributed by atoms with Gasteiger partial charge in [-0.05, 0) is 53.2 Å². The number of hydrogen-bond acceptors (Lipinski definition) is 1. The lowest BCUT2D eigenvalue weighted by Gasteiger charge is -2.10. The second-order valence-corrected chi connectivity index (χ2v) is 4.55. The third kappa shape index (κ3) is 3.19. The fraction of sp³-hybridized carbons (Fsp3) is 0.214. The van der Waals surface area contributed by atoms with Crippen LogP contribution in [-0.4, -0.2) is 11.1 Å². The van der Waals surface area contributed by atoms with Crippen LogP contribution in [0.4, 0.5) is 0 Å². The number of aromatic carboxylic acids is 1. The zero-order chi connectivity index (χ0) is 13.0. The molecule has 0 radical (unpaired) electrons. The van der Waals surface area contributed by atoms with Crippen LogP contribution in [0.5, 0.6) is 0 Å².